The molecule has 3 aromatic heterocycles. The van der Waals surface area contributed by atoms with E-state index in [0.717, 1.165) is 5.56 Å². The van der Waals surface area contributed by atoms with E-state index in [0.29, 0.717) is 32.6 Å². The lowest BCUT2D eigenvalue weighted by Gasteiger charge is -2.09. The van der Waals surface area contributed by atoms with Gasteiger partial charge in [-0.25, -0.2) is 0 Å². The molecule has 0 aliphatic carbocycles. The predicted molar refractivity (Wildman–Crippen MR) is 93.2 cm³/mol. The van der Waals surface area contributed by atoms with Crippen molar-refractivity contribution in [1.29, 1.82) is 0 Å². The van der Waals surface area contributed by atoms with E-state index in [1.807, 2.05) is 12.1 Å². The molecule has 0 saturated carbocycles. The van der Waals surface area contributed by atoms with Crippen LogP contribution in [0.1, 0.15) is 5.56 Å². The van der Waals surface area contributed by atoms with E-state index in [9.17, 15) is 4.79 Å². The van der Waals surface area contributed by atoms with E-state index >= 15 is 0 Å². The molecule has 0 aliphatic heterocycles. The van der Waals surface area contributed by atoms with E-state index in [1.54, 1.807) is 38.5 Å². The molecule has 4 rings (SSSR count). The van der Waals surface area contributed by atoms with E-state index in [2.05, 4.69) is 10.1 Å². The van der Waals surface area contributed by atoms with Gasteiger partial charge in [-0.3, -0.25) is 4.79 Å². The fourth-order valence-corrected chi connectivity index (χ4v) is 3.41. The quantitative estimate of drug-likeness (QED) is 0.557. The SMILES string of the molecule is COc1cccc(C=c2sc3nc(-c4ccco4)nn3c2=O)c1OC. The minimum absolute atomic E-state index is 0.241. The summed E-state index contributed by atoms with van der Waals surface area (Å²) in [5.41, 5.74) is 0.505. The van der Waals surface area contributed by atoms with Crippen LogP contribution in [0.3, 0.4) is 0 Å². The van der Waals surface area contributed by atoms with Crippen molar-refractivity contribution in [3.8, 4) is 23.1 Å². The third-order valence-electron chi connectivity index (χ3n) is 3.64. The van der Waals surface area contributed by atoms with Crippen LogP contribution in [0.4, 0.5) is 0 Å². The van der Waals surface area contributed by atoms with Crippen LogP contribution in [0, 0.1) is 0 Å². The second-order valence-electron chi connectivity index (χ2n) is 5.11. The Kier molecular flexibility index (Phi) is 3.73. The Morgan fingerprint density at radius 1 is 1.20 bits per heavy atom. The highest BCUT2D eigenvalue weighted by Crippen LogP contribution is 2.31. The van der Waals surface area contributed by atoms with Crippen LogP contribution < -0.4 is 19.6 Å². The predicted octanol–water partition coefficient (Wildman–Crippen LogP) is 1.98. The highest BCUT2D eigenvalue weighted by atomic mass is 32.1. The molecule has 7 nitrogen and oxygen atoms in total. The Morgan fingerprint density at radius 3 is 2.76 bits per heavy atom. The Hall–Kier alpha value is -3.13. The third-order valence-corrected chi connectivity index (χ3v) is 4.60. The standard InChI is InChI=1S/C17H13N3O4S/c1-22-11-6-3-5-10(14(11)23-2)9-13-16(21)20-17(25-13)18-15(19-20)12-7-4-8-24-12/h3-9H,1-2H3. The molecule has 0 unspecified atom stereocenters. The molecule has 0 N–H and O–H groups in total. The fraction of sp³-hybridized carbons (Fsp3) is 0.118. The second kappa shape index (κ2) is 6.06. The number of thiazole rings is 1. The number of aromatic nitrogens is 3. The minimum atomic E-state index is -0.241. The second-order valence-corrected chi connectivity index (χ2v) is 6.11. The van der Waals surface area contributed by atoms with Crippen LogP contribution in [0.25, 0.3) is 22.6 Å². The van der Waals surface area contributed by atoms with Gasteiger partial charge in [-0.1, -0.05) is 23.5 Å². The normalized spacial score (nSPS) is 12.0. The zero-order valence-electron chi connectivity index (χ0n) is 13.4. The Balaban J connectivity index is 1.85. The van der Waals surface area contributed by atoms with Gasteiger partial charge in [0.05, 0.1) is 25.0 Å². The third kappa shape index (κ3) is 2.56. The van der Waals surface area contributed by atoms with Crippen molar-refractivity contribution in [3.63, 3.8) is 0 Å². The molecule has 1 aromatic carbocycles. The van der Waals surface area contributed by atoms with Crippen molar-refractivity contribution >= 4 is 22.4 Å². The number of benzene rings is 1. The number of para-hydroxylation sites is 1. The average Bonchev–Trinajstić information content (AvgIpc) is 3.34. The van der Waals surface area contributed by atoms with Gasteiger partial charge in [0.25, 0.3) is 5.56 Å². The maximum atomic E-state index is 12.6. The van der Waals surface area contributed by atoms with Crippen LogP contribution in [0.15, 0.2) is 45.8 Å². The zero-order valence-corrected chi connectivity index (χ0v) is 14.2. The van der Waals surface area contributed by atoms with Crippen molar-refractivity contribution in [2.75, 3.05) is 14.2 Å². The number of rotatable bonds is 4. The first-order valence-corrected chi connectivity index (χ1v) is 8.19. The summed E-state index contributed by atoms with van der Waals surface area (Å²) < 4.78 is 17.7. The molecule has 0 fully saturated rings. The van der Waals surface area contributed by atoms with E-state index in [-0.39, 0.29) is 5.56 Å². The molecule has 25 heavy (non-hydrogen) atoms. The van der Waals surface area contributed by atoms with Gasteiger partial charge in [-0.2, -0.15) is 9.50 Å². The van der Waals surface area contributed by atoms with Gasteiger partial charge in [0.15, 0.2) is 17.3 Å². The van der Waals surface area contributed by atoms with Crippen molar-refractivity contribution in [3.05, 3.63) is 57.0 Å². The molecule has 0 aliphatic rings. The summed E-state index contributed by atoms with van der Waals surface area (Å²) in [6.07, 6.45) is 3.29. The molecule has 0 saturated heterocycles. The molecule has 0 spiro atoms. The number of methoxy groups -OCH3 is 2. The van der Waals surface area contributed by atoms with Gasteiger partial charge < -0.3 is 13.9 Å². The molecule has 3 heterocycles. The monoisotopic (exact) mass is 355 g/mol. The number of ether oxygens (including phenoxy) is 2. The Morgan fingerprint density at radius 2 is 2.08 bits per heavy atom. The largest absolute Gasteiger partial charge is 0.493 e. The van der Waals surface area contributed by atoms with E-state index < -0.39 is 0 Å². The minimum Gasteiger partial charge on any atom is -0.493 e. The molecule has 0 atom stereocenters. The van der Waals surface area contributed by atoms with Gasteiger partial charge in [-0.05, 0) is 24.3 Å². The van der Waals surface area contributed by atoms with Gasteiger partial charge in [0.1, 0.15) is 0 Å². The van der Waals surface area contributed by atoms with Crippen molar-refractivity contribution in [2.45, 2.75) is 0 Å². The molecule has 0 radical (unpaired) electrons. The van der Waals surface area contributed by atoms with E-state index in [4.69, 9.17) is 13.9 Å². The summed E-state index contributed by atoms with van der Waals surface area (Å²) in [4.78, 5) is 17.5. The lowest BCUT2D eigenvalue weighted by atomic mass is 10.2. The van der Waals surface area contributed by atoms with E-state index in [1.165, 1.54) is 22.1 Å². The van der Waals surface area contributed by atoms with Gasteiger partial charge in [0, 0.05) is 5.56 Å². The van der Waals surface area contributed by atoms with Crippen molar-refractivity contribution in [2.24, 2.45) is 0 Å². The molecular weight excluding hydrogens is 342 g/mol. The van der Waals surface area contributed by atoms with Gasteiger partial charge in [-0.15, -0.1) is 5.10 Å². The first-order chi connectivity index (χ1) is 12.2. The molecule has 0 amide bonds. The van der Waals surface area contributed by atoms with Gasteiger partial charge in [0.2, 0.25) is 10.8 Å². The van der Waals surface area contributed by atoms with Gasteiger partial charge >= 0.3 is 0 Å². The molecule has 4 aromatic rings. The average molecular weight is 355 g/mol. The topological polar surface area (TPSA) is 78.9 Å². The number of fused-ring (bicyclic) bond motifs is 1. The Bertz CT molecular complexity index is 1140. The number of nitrogens with zero attached hydrogens (tertiary/aromatic N) is 3. The number of furan rings is 1. The highest BCUT2D eigenvalue weighted by Gasteiger charge is 2.14. The fourth-order valence-electron chi connectivity index (χ4n) is 2.51. The summed E-state index contributed by atoms with van der Waals surface area (Å²) >= 11 is 1.25. The van der Waals surface area contributed by atoms with Crippen LogP contribution in [0.2, 0.25) is 0 Å². The molecule has 126 valence electrons. The van der Waals surface area contributed by atoms with Crippen LogP contribution >= 0.6 is 11.3 Å². The summed E-state index contributed by atoms with van der Waals surface area (Å²) in [5, 5.41) is 4.23. The Labute approximate surface area is 145 Å². The number of hydrogen-bond donors (Lipinski definition) is 0. The smallest absolute Gasteiger partial charge is 0.291 e. The summed E-state index contributed by atoms with van der Waals surface area (Å²) in [7, 11) is 3.13. The molecule has 8 heteroatoms. The van der Waals surface area contributed by atoms with Crippen LogP contribution in [-0.4, -0.2) is 28.8 Å². The summed E-state index contributed by atoms with van der Waals surface area (Å²) in [6, 6.07) is 8.98. The first-order valence-electron chi connectivity index (χ1n) is 7.37. The summed E-state index contributed by atoms with van der Waals surface area (Å²) in [5.74, 6) is 2.08. The highest BCUT2D eigenvalue weighted by molar-refractivity contribution is 7.15. The van der Waals surface area contributed by atoms with Crippen LogP contribution in [-0.2, 0) is 0 Å². The first kappa shape index (κ1) is 15.4. The van der Waals surface area contributed by atoms with Crippen molar-refractivity contribution in [1.82, 2.24) is 14.6 Å². The molecule has 0 bridgehead atoms. The zero-order chi connectivity index (χ0) is 17.4. The lowest BCUT2D eigenvalue weighted by Crippen LogP contribution is -2.23. The molecular formula is C17H13N3O4S. The summed E-state index contributed by atoms with van der Waals surface area (Å²) in [6.45, 7) is 0. The maximum absolute atomic E-state index is 12.6. The van der Waals surface area contributed by atoms with Crippen molar-refractivity contribution < 1.29 is 13.9 Å². The maximum Gasteiger partial charge on any atom is 0.291 e. The van der Waals surface area contributed by atoms with Crippen LogP contribution in [0.5, 0.6) is 11.5 Å². The number of hydrogen-bond acceptors (Lipinski definition) is 7. The lowest BCUT2D eigenvalue weighted by molar-refractivity contribution is 0.354.